The predicted molar refractivity (Wildman–Crippen MR) is 129 cm³/mol. The summed E-state index contributed by atoms with van der Waals surface area (Å²) in [5.41, 5.74) is 0.664. The van der Waals surface area contributed by atoms with Crippen molar-refractivity contribution in [1.29, 1.82) is 0 Å². The van der Waals surface area contributed by atoms with Crippen LogP contribution in [0.3, 0.4) is 0 Å². The van der Waals surface area contributed by atoms with Crippen molar-refractivity contribution < 1.29 is 23.1 Å². The molecule has 8 nitrogen and oxygen atoms in total. The summed E-state index contributed by atoms with van der Waals surface area (Å²) in [4.78, 5) is 14.0. The zero-order valence-electron chi connectivity index (χ0n) is 20.5. The lowest BCUT2D eigenvalue weighted by Crippen LogP contribution is -2.51. The first kappa shape index (κ1) is 27.0. The Hall–Kier alpha value is -2.28. The Morgan fingerprint density at radius 1 is 1.36 bits per heavy atom. The molecule has 1 aromatic carbocycles. The molecule has 0 saturated carbocycles. The molecule has 1 heterocycles. The van der Waals surface area contributed by atoms with Crippen molar-refractivity contribution >= 4 is 16.1 Å². The summed E-state index contributed by atoms with van der Waals surface area (Å²) < 4.78 is 34.5. The van der Waals surface area contributed by atoms with Crippen molar-refractivity contribution in [1.82, 2.24) is 14.5 Å². The third kappa shape index (κ3) is 6.85. The molecule has 2 rings (SSSR count). The Bertz CT molecular complexity index is 984. The number of sulfonamides is 1. The SMILES string of the molecule is CCCC#Cc1ccc2c(c1)O[C@@H](CN(C)C(=O)NC(C)C)[C@@H](C)CN([C@H](C)CO)S2(=O)=O. The van der Waals surface area contributed by atoms with E-state index in [-0.39, 0.29) is 48.3 Å². The molecular formula is C24H37N3O5S. The average Bonchev–Trinajstić information content (AvgIpc) is 2.75. The zero-order valence-corrected chi connectivity index (χ0v) is 21.3. The van der Waals surface area contributed by atoms with Crippen LogP contribution < -0.4 is 10.1 Å². The standard InChI is InChI=1S/C24H37N3O5S/c1-7-8-9-10-20-11-12-23-21(13-20)32-22(15-26(6)24(29)25-17(2)3)18(4)14-27(19(5)16-28)33(23,30)31/h11-13,17-19,22,28H,7-8,14-16H2,1-6H3,(H,25,29)/t18-,19+,22-/m0/s1. The summed E-state index contributed by atoms with van der Waals surface area (Å²) in [6, 6.07) is 4.00. The summed E-state index contributed by atoms with van der Waals surface area (Å²) in [7, 11) is -2.22. The van der Waals surface area contributed by atoms with Gasteiger partial charge in [-0.3, -0.25) is 0 Å². The molecule has 184 valence electrons. The number of likely N-dealkylation sites (N-methyl/N-ethyl adjacent to an activating group) is 1. The summed E-state index contributed by atoms with van der Waals surface area (Å²) in [5, 5.41) is 12.6. The Labute approximate surface area is 198 Å². The lowest BCUT2D eigenvalue weighted by Gasteiger charge is -2.37. The number of aliphatic hydroxyl groups excluding tert-OH is 1. The molecule has 0 radical (unpaired) electrons. The first-order valence-corrected chi connectivity index (χ1v) is 12.9. The quantitative estimate of drug-likeness (QED) is 0.611. The highest BCUT2D eigenvalue weighted by Crippen LogP contribution is 2.34. The molecule has 0 unspecified atom stereocenters. The Morgan fingerprint density at radius 2 is 2.06 bits per heavy atom. The normalized spacial score (nSPS) is 21.0. The van der Waals surface area contributed by atoms with E-state index in [1.807, 2.05) is 27.7 Å². The van der Waals surface area contributed by atoms with Gasteiger partial charge in [-0.05, 0) is 45.4 Å². The van der Waals surface area contributed by atoms with Crippen LogP contribution in [0.15, 0.2) is 23.1 Å². The number of benzene rings is 1. The number of carbonyl (C=O) groups is 1. The predicted octanol–water partition coefficient (Wildman–Crippen LogP) is 2.66. The van der Waals surface area contributed by atoms with Crippen LogP contribution in [-0.2, 0) is 10.0 Å². The van der Waals surface area contributed by atoms with Gasteiger partial charge in [-0.2, -0.15) is 4.31 Å². The minimum atomic E-state index is -3.91. The van der Waals surface area contributed by atoms with Gasteiger partial charge in [0.2, 0.25) is 10.0 Å². The van der Waals surface area contributed by atoms with Gasteiger partial charge < -0.3 is 20.1 Å². The molecule has 33 heavy (non-hydrogen) atoms. The number of ether oxygens (including phenoxy) is 1. The van der Waals surface area contributed by atoms with Crippen LogP contribution in [0.25, 0.3) is 0 Å². The van der Waals surface area contributed by atoms with Crippen molar-refractivity contribution in [2.75, 3.05) is 26.7 Å². The maximum absolute atomic E-state index is 13.5. The van der Waals surface area contributed by atoms with Crippen LogP contribution in [-0.4, -0.2) is 73.7 Å². The number of rotatable bonds is 6. The minimum Gasteiger partial charge on any atom is -0.487 e. The van der Waals surface area contributed by atoms with E-state index in [1.54, 1.807) is 31.0 Å². The first-order valence-electron chi connectivity index (χ1n) is 11.4. The lowest BCUT2D eigenvalue weighted by molar-refractivity contribution is 0.0809. The second kappa shape index (κ2) is 11.7. The van der Waals surface area contributed by atoms with Crippen LogP contribution in [0.1, 0.15) is 53.0 Å². The van der Waals surface area contributed by atoms with Crippen LogP contribution in [0.4, 0.5) is 4.79 Å². The number of amides is 2. The van der Waals surface area contributed by atoms with E-state index in [0.717, 1.165) is 12.8 Å². The molecule has 9 heteroatoms. The molecule has 2 amide bonds. The Balaban J connectivity index is 2.50. The van der Waals surface area contributed by atoms with E-state index in [9.17, 15) is 18.3 Å². The Kier molecular flexibility index (Phi) is 9.58. The van der Waals surface area contributed by atoms with Gasteiger partial charge in [0.15, 0.2) is 0 Å². The number of hydrogen-bond acceptors (Lipinski definition) is 5. The van der Waals surface area contributed by atoms with Gasteiger partial charge >= 0.3 is 6.03 Å². The maximum atomic E-state index is 13.5. The van der Waals surface area contributed by atoms with E-state index in [2.05, 4.69) is 17.2 Å². The third-order valence-corrected chi connectivity index (χ3v) is 7.51. The lowest BCUT2D eigenvalue weighted by atomic mass is 10.0. The molecule has 1 aromatic rings. The molecule has 0 aliphatic carbocycles. The highest BCUT2D eigenvalue weighted by atomic mass is 32.2. The van der Waals surface area contributed by atoms with Crippen molar-refractivity contribution in [3.63, 3.8) is 0 Å². The van der Waals surface area contributed by atoms with Crippen LogP contribution in [0.2, 0.25) is 0 Å². The van der Waals surface area contributed by atoms with E-state index < -0.39 is 22.2 Å². The number of carbonyl (C=O) groups excluding carboxylic acids is 1. The molecule has 0 spiro atoms. The second-order valence-electron chi connectivity index (χ2n) is 8.94. The van der Waals surface area contributed by atoms with Gasteiger partial charge in [0.05, 0.1) is 13.2 Å². The third-order valence-electron chi connectivity index (χ3n) is 5.49. The molecular weight excluding hydrogens is 442 g/mol. The van der Waals surface area contributed by atoms with E-state index in [0.29, 0.717) is 5.56 Å². The van der Waals surface area contributed by atoms with Crippen molar-refractivity contribution in [3.8, 4) is 17.6 Å². The molecule has 1 aliphatic heterocycles. The number of aliphatic hydroxyl groups is 1. The zero-order chi connectivity index (χ0) is 24.8. The maximum Gasteiger partial charge on any atom is 0.317 e. The number of fused-ring (bicyclic) bond motifs is 1. The van der Waals surface area contributed by atoms with Crippen LogP contribution in [0.5, 0.6) is 5.75 Å². The Morgan fingerprint density at radius 3 is 2.67 bits per heavy atom. The van der Waals surface area contributed by atoms with Gasteiger partial charge in [0, 0.05) is 43.6 Å². The molecule has 0 saturated heterocycles. The smallest absolute Gasteiger partial charge is 0.317 e. The fourth-order valence-electron chi connectivity index (χ4n) is 3.52. The molecule has 3 atom stereocenters. The van der Waals surface area contributed by atoms with Crippen molar-refractivity contribution in [3.05, 3.63) is 23.8 Å². The summed E-state index contributed by atoms with van der Waals surface area (Å²) >= 11 is 0. The number of hydrogen-bond donors (Lipinski definition) is 2. The molecule has 2 N–H and O–H groups in total. The summed E-state index contributed by atoms with van der Waals surface area (Å²) in [6.07, 6.45) is 1.21. The topological polar surface area (TPSA) is 99.2 Å². The van der Waals surface area contributed by atoms with Gasteiger partial charge in [0.25, 0.3) is 0 Å². The number of urea groups is 1. The van der Waals surface area contributed by atoms with E-state index in [4.69, 9.17) is 4.74 Å². The van der Waals surface area contributed by atoms with Gasteiger partial charge in [0.1, 0.15) is 16.7 Å². The van der Waals surface area contributed by atoms with Crippen LogP contribution >= 0.6 is 0 Å². The largest absolute Gasteiger partial charge is 0.487 e. The first-order chi connectivity index (χ1) is 15.5. The van der Waals surface area contributed by atoms with E-state index in [1.165, 1.54) is 10.4 Å². The minimum absolute atomic E-state index is 0.00774. The molecule has 0 fully saturated rings. The van der Waals surface area contributed by atoms with E-state index >= 15 is 0 Å². The summed E-state index contributed by atoms with van der Waals surface area (Å²) in [5.74, 6) is 6.09. The molecule has 0 aromatic heterocycles. The molecule has 1 aliphatic rings. The second-order valence-corrected chi connectivity index (χ2v) is 10.8. The van der Waals surface area contributed by atoms with Gasteiger partial charge in [-0.25, -0.2) is 13.2 Å². The highest BCUT2D eigenvalue weighted by molar-refractivity contribution is 7.89. The summed E-state index contributed by atoms with van der Waals surface area (Å²) in [6.45, 7) is 9.51. The average molecular weight is 480 g/mol. The van der Waals surface area contributed by atoms with Crippen molar-refractivity contribution in [2.24, 2.45) is 5.92 Å². The monoisotopic (exact) mass is 479 g/mol. The highest BCUT2D eigenvalue weighted by Gasteiger charge is 2.38. The van der Waals surface area contributed by atoms with Gasteiger partial charge in [-0.1, -0.05) is 25.7 Å². The fraction of sp³-hybridized carbons (Fsp3) is 0.625. The molecule has 0 bridgehead atoms. The van der Waals surface area contributed by atoms with Gasteiger partial charge in [-0.15, -0.1) is 0 Å². The fourth-order valence-corrected chi connectivity index (χ4v) is 5.35. The van der Waals surface area contributed by atoms with Crippen LogP contribution in [0, 0.1) is 17.8 Å². The number of nitrogens with zero attached hydrogens (tertiary/aromatic N) is 2. The van der Waals surface area contributed by atoms with Crippen molar-refractivity contribution in [2.45, 2.75) is 70.5 Å². The number of unbranched alkanes of at least 4 members (excludes halogenated alkanes) is 1. The number of nitrogens with one attached hydrogen (secondary N) is 1.